The molecule has 2 rings (SSSR count). The predicted molar refractivity (Wildman–Crippen MR) is 79.0 cm³/mol. The van der Waals surface area contributed by atoms with E-state index in [1.54, 1.807) is 13.4 Å². The first-order chi connectivity index (χ1) is 9.72. The van der Waals surface area contributed by atoms with Gasteiger partial charge in [-0.25, -0.2) is 9.97 Å². The minimum absolute atomic E-state index is 0.141. The van der Waals surface area contributed by atoms with Gasteiger partial charge in [-0.05, 0) is 25.7 Å². The molecule has 2 unspecified atom stereocenters. The van der Waals surface area contributed by atoms with Gasteiger partial charge in [0.05, 0.1) is 6.10 Å². The molecule has 1 aromatic heterocycles. The van der Waals surface area contributed by atoms with Gasteiger partial charge in [-0.1, -0.05) is 0 Å². The number of methoxy groups -OCH3 is 1. The van der Waals surface area contributed by atoms with Crippen LogP contribution in [-0.4, -0.2) is 54.5 Å². The lowest BCUT2D eigenvalue weighted by molar-refractivity contribution is 0.128. The first kappa shape index (κ1) is 15.0. The summed E-state index contributed by atoms with van der Waals surface area (Å²) in [6.07, 6.45) is 3.91. The summed E-state index contributed by atoms with van der Waals surface area (Å²) in [5.41, 5.74) is 0. The first-order valence-corrected chi connectivity index (χ1v) is 7.17. The molecule has 1 aromatic rings. The second-order valence-electron chi connectivity index (χ2n) is 5.33. The Morgan fingerprint density at radius 3 is 3.15 bits per heavy atom. The molecule has 1 saturated heterocycles. The number of hydrogen-bond donors (Lipinski definition) is 2. The van der Waals surface area contributed by atoms with E-state index >= 15 is 0 Å². The fourth-order valence-electron chi connectivity index (χ4n) is 2.37. The van der Waals surface area contributed by atoms with Crippen LogP contribution in [0.5, 0.6) is 0 Å². The molecule has 1 aliphatic heterocycles. The topological polar surface area (TPSA) is 70.5 Å². The third-order valence-electron chi connectivity index (χ3n) is 3.73. The number of nitrogens with one attached hydrogen (secondary N) is 1. The predicted octanol–water partition coefficient (Wildman–Crippen LogP) is 1.13. The lowest BCUT2D eigenvalue weighted by atomic mass is 9.99. The highest BCUT2D eigenvalue weighted by molar-refractivity contribution is 5.48. The molecule has 2 heterocycles. The molecule has 0 aromatic carbocycles. The number of ether oxygens (including phenoxy) is 1. The van der Waals surface area contributed by atoms with Crippen molar-refractivity contribution < 1.29 is 9.84 Å². The van der Waals surface area contributed by atoms with Crippen LogP contribution >= 0.6 is 0 Å². The summed E-state index contributed by atoms with van der Waals surface area (Å²) < 4.78 is 5.20. The maximum absolute atomic E-state index is 9.30. The molecule has 2 atom stereocenters. The number of hydrogen-bond acceptors (Lipinski definition) is 6. The Morgan fingerprint density at radius 2 is 2.40 bits per heavy atom. The zero-order valence-electron chi connectivity index (χ0n) is 12.2. The molecule has 1 aliphatic rings. The summed E-state index contributed by atoms with van der Waals surface area (Å²) in [7, 11) is 1.69. The smallest absolute Gasteiger partial charge is 0.134 e. The lowest BCUT2D eigenvalue weighted by Gasteiger charge is -2.32. The van der Waals surface area contributed by atoms with Gasteiger partial charge < -0.3 is 20.1 Å². The Bertz CT molecular complexity index is 416. The Balaban J connectivity index is 1.98. The molecule has 0 amide bonds. The van der Waals surface area contributed by atoms with E-state index in [2.05, 4.69) is 20.2 Å². The Hall–Kier alpha value is -1.40. The zero-order chi connectivity index (χ0) is 14.4. The molecule has 1 fully saturated rings. The van der Waals surface area contributed by atoms with E-state index in [0.717, 1.165) is 37.6 Å². The summed E-state index contributed by atoms with van der Waals surface area (Å²) in [4.78, 5) is 10.8. The van der Waals surface area contributed by atoms with E-state index in [0.29, 0.717) is 12.5 Å². The molecule has 2 N–H and O–H groups in total. The van der Waals surface area contributed by atoms with Crippen LogP contribution in [0.25, 0.3) is 0 Å². The van der Waals surface area contributed by atoms with Gasteiger partial charge in [-0.3, -0.25) is 0 Å². The average molecular weight is 280 g/mol. The van der Waals surface area contributed by atoms with Gasteiger partial charge in [0.1, 0.15) is 18.0 Å². The number of piperidine rings is 1. The molecule has 0 aliphatic carbocycles. The summed E-state index contributed by atoms with van der Waals surface area (Å²) in [6.45, 7) is 4.82. The van der Waals surface area contributed by atoms with Crippen molar-refractivity contribution in [2.45, 2.75) is 25.9 Å². The maximum atomic E-state index is 9.30. The second-order valence-corrected chi connectivity index (χ2v) is 5.33. The zero-order valence-corrected chi connectivity index (χ0v) is 12.2. The van der Waals surface area contributed by atoms with E-state index in [-0.39, 0.29) is 12.7 Å². The minimum atomic E-state index is 0.141. The van der Waals surface area contributed by atoms with E-state index in [9.17, 15) is 5.11 Å². The molecule has 0 radical (unpaired) electrons. The number of rotatable bonds is 6. The van der Waals surface area contributed by atoms with Crippen LogP contribution in [0.1, 0.15) is 19.8 Å². The fraction of sp³-hybridized carbons (Fsp3) is 0.714. The highest BCUT2D eigenvalue weighted by Crippen LogP contribution is 2.22. The summed E-state index contributed by atoms with van der Waals surface area (Å²) in [5.74, 6) is 2.08. The molecular weight excluding hydrogens is 256 g/mol. The Kier molecular flexibility index (Phi) is 5.55. The summed E-state index contributed by atoms with van der Waals surface area (Å²) in [6, 6.07) is 1.96. The molecule has 112 valence electrons. The Labute approximate surface area is 120 Å². The van der Waals surface area contributed by atoms with Crippen molar-refractivity contribution >= 4 is 11.6 Å². The normalized spacial score (nSPS) is 20.8. The van der Waals surface area contributed by atoms with Crippen LogP contribution in [0.15, 0.2) is 12.4 Å². The summed E-state index contributed by atoms with van der Waals surface area (Å²) in [5, 5.41) is 12.5. The number of aromatic nitrogens is 2. The van der Waals surface area contributed by atoms with E-state index < -0.39 is 0 Å². The van der Waals surface area contributed by atoms with Crippen molar-refractivity contribution in [3.63, 3.8) is 0 Å². The van der Waals surface area contributed by atoms with Crippen LogP contribution in [0, 0.1) is 5.92 Å². The average Bonchev–Trinajstić information content (AvgIpc) is 2.53. The molecular formula is C14H24N4O2. The van der Waals surface area contributed by atoms with Gasteiger partial charge in [-0.15, -0.1) is 0 Å². The monoisotopic (exact) mass is 280 g/mol. The van der Waals surface area contributed by atoms with Crippen LogP contribution in [0.2, 0.25) is 0 Å². The molecule has 0 saturated carbocycles. The van der Waals surface area contributed by atoms with Crippen LogP contribution in [0.4, 0.5) is 11.6 Å². The Morgan fingerprint density at radius 1 is 1.55 bits per heavy atom. The van der Waals surface area contributed by atoms with Gasteiger partial charge in [-0.2, -0.15) is 0 Å². The van der Waals surface area contributed by atoms with Gasteiger partial charge in [0.15, 0.2) is 0 Å². The van der Waals surface area contributed by atoms with Crippen LogP contribution in [-0.2, 0) is 4.74 Å². The quantitative estimate of drug-likeness (QED) is 0.814. The van der Waals surface area contributed by atoms with Gasteiger partial charge in [0.2, 0.25) is 0 Å². The number of nitrogens with zero attached hydrogens (tertiary/aromatic N) is 3. The molecule has 6 heteroatoms. The maximum Gasteiger partial charge on any atom is 0.134 e. The molecule has 6 nitrogen and oxygen atoms in total. The third-order valence-corrected chi connectivity index (χ3v) is 3.73. The molecule has 0 spiro atoms. The van der Waals surface area contributed by atoms with Gasteiger partial charge >= 0.3 is 0 Å². The highest BCUT2D eigenvalue weighted by Gasteiger charge is 2.20. The minimum Gasteiger partial charge on any atom is -0.396 e. The fourth-order valence-corrected chi connectivity index (χ4v) is 2.37. The van der Waals surface area contributed by atoms with Crippen molar-refractivity contribution in [2.24, 2.45) is 5.92 Å². The standard InChI is InChI=1S/C14H24N4O2/c1-11(20-2)7-15-13-6-14(17-10-16-13)18-5-3-4-12(8-18)9-19/h6,10-12,19H,3-5,7-9H2,1-2H3,(H,15,16,17). The number of anilines is 2. The van der Waals surface area contributed by atoms with Crippen molar-refractivity contribution in [1.82, 2.24) is 9.97 Å². The van der Waals surface area contributed by atoms with E-state index in [1.807, 2.05) is 13.0 Å². The number of aliphatic hydroxyl groups excluding tert-OH is 1. The highest BCUT2D eigenvalue weighted by atomic mass is 16.5. The third kappa shape index (κ3) is 4.05. The number of aliphatic hydroxyl groups is 1. The lowest BCUT2D eigenvalue weighted by Crippen LogP contribution is -2.37. The van der Waals surface area contributed by atoms with Crippen LogP contribution in [0.3, 0.4) is 0 Å². The van der Waals surface area contributed by atoms with Gasteiger partial charge in [0.25, 0.3) is 0 Å². The van der Waals surface area contributed by atoms with Crippen molar-refractivity contribution in [2.75, 3.05) is 43.6 Å². The van der Waals surface area contributed by atoms with Crippen LogP contribution < -0.4 is 10.2 Å². The van der Waals surface area contributed by atoms with Crippen molar-refractivity contribution in [3.05, 3.63) is 12.4 Å². The van der Waals surface area contributed by atoms with Crippen molar-refractivity contribution in [3.8, 4) is 0 Å². The van der Waals surface area contributed by atoms with Gasteiger partial charge in [0, 0.05) is 39.4 Å². The molecule has 20 heavy (non-hydrogen) atoms. The van der Waals surface area contributed by atoms with E-state index in [1.165, 1.54) is 0 Å². The van der Waals surface area contributed by atoms with Crippen molar-refractivity contribution in [1.29, 1.82) is 0 Å². The first-order valence-electron chi connectivity index (χ1n) is 7.17. The largest absolute Gasteiger partial charge is 0.396 e. The second kappa shape index (κ2) is 7.40. The summed E-state index contributed by atoms with van der Waals surface area (Å²) >= 11 is 0. The van der Waals surface area contributed by atoms with E-state index in [4.69, 9.17) is 4.74 Å². The molecule has 0 bridgehead atoms. The SMILES string of the molecule is COC(C)CNc1cc(N2CCCC(CO)C2)ncn1.